The van der Waals surface area contributed by atoms with Crippen LogP contribution in [0.4, 0.5) is 0 Å². The van der Waals surface area contributed by atoms with Crippen molar-refractivity contribution in [2.24, 2.45) is 5.92 Å². The van der Waals surface area contributed by atoms with Crippen LogP contribution in [0, 0.1) is 12.8 Å². The molecule has 1 aromatic heterocycles. The highest BCUT2D eigenvalue weighted by Gasteiger charge is 2.24. The van der Waals surface area contributed by atoms with Crippen LogP contribution in [0.25, 0.3) is 10.9 Å². The number of aryl methyl sites for hydroxylation is 1. The van der Waals surface area contributed by atoms with Gasteiger partial charge in [0.1, 0.15) is 0 Å². The van der Waals surface area contributed by atoms with E-state index in [1.807, 2.05) is 6.20 Å². The normalized spacial score (nSPS) is 25.3. The highest BCUT2D eigenvalue weighted by Crippen LogP contribution is 2.33. The minimum absolute atomic E-state index is 0.684. The van der Waals surface area contributed by atoms with Crippen LogP contribution in [0.2, 0.25) is 0 Å². The number of piperidine rings is 1. The van der Waals surface area contributed by atoms with Crippen LogP contribution in [-0.2, 0) is 0 Å². The number of nitrogens with one attached hydrogen (secondary N) is 2. The lowest BCUT2D eigenvalue weighted by molar-refractivity contribution is 0.349. The van der Waals surface area contributed by atoms with Crippen molar-refractivity contribution in [1.82, 2.24) is 15.5 Å². The number of H-pyrrole nitrogens is 1. The Morgan fingerprint density at radius 3 is 3.06 bits per heavy atom. The Kier molecular flexibility index (Phi) is 2.63. The van der Waals surface area contributed by atoms with Gasteiger partial charge in [0.05, 0.1) is 11.7 Å². The number of benzene rings is 1. The summed E-state index contributed by atoms with van der Waals surface area (Å²) in [6.45, 7) is 6.82. The van der Waals surface area contributed by atoms with E-state index in [2.05, 4.69) is 41.5 Å². The second-order valence-electron chi connectivity index (χ2n) is 5.24. The van der Waals surface area contributed by atoms with Crippen molar-refractivity contribution in [1.29, 1.82) is 0 Å². The Bertz CT molecular complexity index is 529. The first-order valence-electron chi connectivity index (χ1n) is 6.40. The minimum Gasteiger partial charge on any atom is -0.316 e. The maximum absolute atomic E-state index is 4.11. The Morgan fingerprint density at radius 2 is 2.24 bits per heavy atom. The number of hydrogen-bond donors (Lipinski definition) is 2. The standard InChI is InChI=1S/C14H19N3/c1-9-5-11-8-16-17-14(11)6-13(9)12-3-4-15-7-10(12)2/h5-6,8,10,12,15H,3-4,7H2,1-2H3,(H,16,17). The average Bonchev–Trinajstić information content (AvgIpc) is 2.76. The van der Waals surface area contributed by atoms with Crippen molar-refractivity contribution in [3.8, 4) is 0 Å². The lowest BCUT2D eigenvalue weighted by Gasteiger charge is -2.31. The third kappa shape index (κ3) is 1.84. The van der Waals surface area contributed by atoms with Crippen molar-refractivity contribution < 1.29 is 0 Å². The van der Waals surface area contributed by atoms with Crippen LogP contribution in [-0.4, -0.2) is 23.3 Å². The molecule has 90 valence electrons. The first-order valence-corrected chi connectivity index (χ1v) is 6.40. The molecule has 1 saturated heterocycles. The Hall–Kier alpha value is -1.35. The summed E-state index contributed by atoms with van der Waals surface area (Å²) in [5, 5.41) is 11.9. The minimum atomic E-state index is 0.684. The molecule has 2 N–H and O–H groups in total. The molecule has 0 saturated carbocycles. The Labute approximate surface area is 102 Å². The highest BCUT2D eigenvalue weighted by atomic mass is 15.1. The fraction of sp³-hybridized carbons (Fsp3) is 0.500. The molecule has 1 fully saturated rings. The predicted octanol–water partition coefficient (Wildman–Crippen LogP) is 2.58. The molecule has 17 heavy (non-hydrogen) atoms. The predicted molar refractivity (Wildman–Crippen MR) is 70.2 cm³/mol. The van der Waals surface area contributed by atoms with Crippen molar-refractivity contribution in [3.05, 3.63) is 29.5 Å². The van der Waals surface area contributed by atoms with E-state index in [1.54, 1.807) is 0 Å². The van der Waals surface area contributed by atoms with E-state index in [0.717, 1.165) is 18.6 Å². The summed E-state index contributed by atoms with van der Waals surface area (Å²) < 4.78 is 0. The van der Waals surface area contributed by atoms with Crippen molar-refractivity contribution in [3.63, 3.8) is 0 Å². The molecule has 0 radical (unpaired) electrons. The molecule has 0 amide bonds. The molecule has 3 heteroatoms. The zero-order valence-corrected chi connectivity index (χ0v) is 10.5. The van der Waals surface area contributed by atoms with E-state index in [0.29, 0.717) is 11.8 Å². The van der Waals surface area contributed by atoms with Gasteiger partial charge in [-0.15, -0.1) is 0 Å². The molecule has 3 rings (SSSR count). The first kappa shape index (κ1) is 10.8. The van der Waals surface area contributed by atoms with Gasteiger partial charge in [0.15, 0.2) is 0 Å². The third-order valence-electron chi connectivity index (χ3n) is 4.01. The molecule has 2 atom stereocenters. The van der Waals surface area contributed by atoms with Gasteiger partial charge in [0, 0.05) is 5.39 Å². The van der Waals surface area contributed by atoms with Gasteiger partial charge in [-0.3, -0.25) is 5.10 Å². The lowest BCUT2D eigenvalue weighted by Crippen LogP contribution is -2.34. The lowest BCUT2D eigenvalue weighted by atomic mass is 9.80. The van der Waals surface area contributed by atoms with Crippen molar-refractivity contribution in [2.75, 3.05) is 13.1 Å². The van der Waals surface area contributed by atoms with Gasteiger partial charge in [-0.2, -0.15) is 5.10 Å². The highest BCUT2D eigenvalue weighted by molar-refractivity contribution is 5.79. The first-order chi connectivity index (χ1) is 8.25. The maximum atomic E-state index is 4.11. The number of rotatable bonds is 1. The second-order valence-corrected chi connectivity index (χ2v) is 5.24. The number of nitrogens with zero attached hydrogens (tertiary/aromatic N) is 1. The van der Waals surface area contributed by atoms with E-state index in [-0.39, 0.29) is 0 Å². The summed E-state index contributed by atoms with van der Waals surface area (Å²) in [6.07, 6.45) is 3.14. The van der Waals surface area contributed by atoms with E-state index in [9.17, 15) is 0 Å². The van der Waals surface area contributed by atoms with Crippen molar-refractivity contribution in [2.45, 2.75) is 26.2 Å². The zero-order valence-electron chi connectivity index (χ0n) is 10.5. The molecule has 0 bridgehead atoms. The molecule has 2 heterocycles. The average molecular weight is 229 g/mol. The summed E-state index contributed by atoms with van der Waals surface area (Å²) in [5.74, 6) is 1.40. The summed E-state index contributed by atoms with van der Waals surface area (Å²) >= 11 is 0. The van der Waals surface area contributed by atoms with E-state index in [1.165, 1.54) is 22.9 Å². The molecule has 3 nitrogen and oxygen atoms in total. The van der Waals surface area contributed by atoms with Gasteiger partial charge in [-0.1, -0.05) is 6.92 Å². The quantitative estimate of drug-likeness (QED) is 0.789. The Morgan fingerprint density at radius 1 is 1.35 bits per heavy atom. The monoisotopic (exact) mass is 229 g/mol. The molecule has 0 aliphatic carbocycles. The van der Waals surface area contributed by atoms with Crippen LogP contribution >= 0.6 is 0 Å². The SMILES string of the molecule is Cc1cc2cn[nH]c2cc1C1CCNCC1C. The van der Waals surface area contributed by atoms with Crippen LogP contribution in [0.15, 0.2) is 18.3 Å². The number of hydrogen-bond acceptors (Lipinski definition) is 2. The van der Waals surface area contributed by atoms with Gasteiger partial charge in [-0.25, -0.2) is 0 Å². The Balaban J connectivity index is 2.05. The van der Waals surface area contributed by atoms with Crippen molar-refractivity contribution >= 4 is 10.9 Å². The summed E-state index contributed by atoms with van der Waals surface area (Å²) in [7, 11) is 0. The van der Waals surface area contributed by atoms with Gasteiger partial charge < -0.3 is 5.32 Å². The van der Waals surface area contributed by atoms with Gasteiger partial charge in [-0.05, 0) is 61.5 Å². The van der Waals surface area contributed by atoms with Gasteiger partial charge in [0.2, 0.25) is 0 Å². The van der Waals surface area contributed by atoms with Crippen LogP contribution in [0.5, 0.6) is 0 Å². The molecule has 1 aliphatic rings. The molecule has 2 unspecified atom stereocenters. The van der Waals surface area contributed by atoms with E-state index >= 15 is 0 Å². The van der Waals surface area contributed by atoms with Crippen LogP contribution in [0.3, 0.4) is 0 Å². The molecular weight excluding hydrogens is 210 g/mol. The molecule has 0 spiro atoms. The number of aromatic nitrogens is 2. The molecule has 2 aromatic rings. The fourth-order valence-corrected chi connectivity index (χ4v) is 3.00. The molecule has 1 aromatic carbocycles. The number of aromatic amines is 1. The topological polar surface area (TPSA) is 40.7 Å². The van der Waals surface area contributed by atoms with Gasteiger partial charge >= 0.3 is 0 Å². The largest absolute Gasteiger partial charge is 0.316 e. The molecular formula is C14H19N3. The van der Waals surface area contributed by atoms with Gasteiger partial charge in [0.25, 0.3) is 0 Å². The van der Waals surface area contributed by atoms with Crippen LogP contribution < -0.4 is 5.32 Å². The van der Waals surface area contributed by atoms with E-state index < -0.39 is 0 Å². The second kappa shape index (κ2) is 4.15. The summed E-state index contributed by atoms with van der Waals surface area (Å²) in [4.78, 5) is 0. The fourth-order valence-electron chi connectivity index (χ4n) is 3.00. The summed E-state index contributed by atoms with van der Waals surface area (Å²) in [6, 6.07) is 4.55. The molecule has 1 aliphatic heterocycles. The maximum Gasteiger partial charge on any atom is 0.0653 e. The zero-order chi connectivity index (χ0) is 11.8. The van der Waals surface area contributed by atoms with E-state index in [4.69, 9.17) is 0 Å². The van der Waals surface area contributed by atoms with Crippen LogP contribution in [0.1, 0.15) is 30.4 Å². The smallest absolute Gasteiger partial charge is 0.0653 e. The third-order valence-corrected chi connectivity index (χ3v) is 4.01. The summed E-state index contributed by atoms with van der Waals surface area (Å²) in [5.41, 5.74) is 4.06. The number of fused-ring (bicyclic) bond motifs is 1.